The molecular formula is C24H10O7. The van der Waals surface area contributed by atoms with E-state index >= 15 is 0 Å². The van der Waals surface area contributed by atoms with Crippen molar-refractivity contribution in [3.63, 3.8) is 0 Å². The number of rotatable bonds is 2. The molecule has 6 rings (SSSR count). The molecule has 5 aromatic rings. The highest BCUT2D eigenvalue weighted by molar-refractivity contribution is 6.32. The highest BCUT2D eigenvalue weighted by Gasteiger charge is 2.25. The Morgan fingerprint density at radius 3 is 1.35 bits per heavy atom. The fraction of sp³-hybridized carbons (Fsp3) is 0.0417. The van der Waals surface area contributed by atoms with E-state index in [2.05, 4.69) is 0 Å². The smallest absolute Gasteiger partial charge is 0.335 e. The maximum Gasteiger partial charge on any atom is 0.335 e. The summed E-state index contributed by atoms with van der Waals surface area (Å²) in [5, 5.41) is 21.4. The summed E-state index contributed by atoms with van der Waals surface area (Å²) in [6, 6.07) is 4.92. The van der Waals surface area contributed by atoms with Crippen LogP contribution in [0.3, 0.4) is 0 Å². The first kappa shape index (κ1) is 17.5. The van der Waals surface area contributed by atoms with Crippen molar-refractivity contribution in [2.75, 3.05) is 0 Å². The monoisotopic (exact) mass is 410 g/mol. The first-order valence-electron chi connectivity index (χ1n) is 9.42. The molecule has 0 radical (unpaired) electrons. The van der Waals surface area contributed by atoms with E-state index in [-0.39, 0.29) is 32.7 Å². The van der Waals surface area contributed by atoms with Crippen molar-refractivity contribution in [3.05, 3.63) is 76.5 Å². The van der Waals surface area contributed by atoms with Crippen LogP contribution in [0.2, 0.25) is 0 Å². The van der Waals surface area contributed by atoms with E-state index in [9.17, 15) is 34.2 Å². The molecule has 0 aliphatic heterocycles. The van der Waals surface area contributed by atoms with Crippen molar-refractivity contribution in [1.82, 2.24) is 0 Å². The summed E-state index contributed by atoms with van der Waals surface area (Å²) in [5.41, 5.74) is -1.90. The SMILES string of the molecule is O=C(O)c1cc2c(=O)c3c4c(c(=O)c5cc(C(=O)O)cc6c(=O)c(c1)c2c4c56)=CCC=3. The largest absolute Gasteiger partial charge is 0.478 e. The molecule has 0 amide bonds. The molecular weight excluding hydrogens is 400 g/mol. The number of carboxylic acid groups (broad SMARTS) is 2. The second-order valence-corrected chi connectivity index (χ2v) is 7.71. The Labute approximate surface area is 170 Å². The van der Waals surface area contributed by atoms with Gasteiger partial charge in [-0.2, -0.15) is 0 Å². The molecule has 7 heteroatoms. The Morgan fingerprint density at radius 2 is 0.968 bits per heavy atom. The maximum atomic E-state index is 13.4. The van der Waals surface area contributed by atoms with Crippen LogP contribution < -0.4 is 26.7 Å². The zero-order valence-electron chi connectivity index (χ0n) is 15.6. The summed E-state index contributed by atoms with van der Waals surface area (Å²) >= 11 is 0. The third-order valence-corrected chi connectivity index (χ3v) is 6.17. The fourth-order valence-corrected chi connectivity index (χ4v) is 4.92. The lowest BCUT2D eigenvalue weighted by Gasteiger charge is -2.16. The number of hydrogen-bond donors (Lipinski definition) is 2. The molecule has 0 saturated carbocycles. The quantitative estimate of drug-likeness (QED) is 0.329. The van der Waals surface area contributed by atoms with Gasteiger partial charge in [0.05, 0.1) is 11.1 Å². The van der Waals surface area contributed by atoms with E-state index < -0.39 is 28.2 Å². The summed E-state index contributed by atoms with van der Waals surface area (Å²) < 4.78 is 0. The maximum absolute atomic E-state index is 13.4. The van der Waals surface area contributed by atoms with E-state index in [1.807, 2.05) is 0 Å². The predicted molar refractivity (Wildman–Crippen MR) is 116 cm³/mol. The Bertz CT molecular complexity index is 1830. The average molecular weight is 410 g/mol. The van der Waals surface area contributed by atoms with Crippen LogP contribution in [0.1, 0.15) is 27.1 Å². The molecule has 0 saturated heterocycles. The summed E-state index contributed by atoms with van der Waals surface area (Å²) in [4.78, 5) is 63.3. The topological polar surface area (TPSA) is 126 Å². The normalized spacial score (nSPS) is 13.2. The van der Waals surface area contributed by atoms with Crippen LogP contribution in [0, 0.1) is 0 Å². The van der Waals surface area contributed by atoms with E-state index in [0.29, 0.717) is 38.4 Å². The lowest BCUT2D eigenvalue weighted by molar-refractivity contribution is 0.0686. The summed E-state index contributed by atoms with van der Waals surface area (Å²) in [7, 11) is 0. The Hall–Kier alpha value is -4.39. The van der Waals surface area contributed by atoms with Crippen molar-refractivity contribution in [2.45, 2.75) is 6.42 Å². The molecule has 7 nitrogen and oxygen atoms in total. The molecule has 2 N–H and O–H groups in total. The Balaban J connectivity index is 2.15. The van der Waals surface area contributed by atoms with Gasteiger partial charge in [-0.3, -0.25) is 14.4 Å². The summed E-state index contributed by atoms with van der Waals surface area (Å²) in [6.45, 7) is 0. The van der Waals surface area contributed by atoms with E-state index in [1.54, 1.807) is 12.2 Å². The predicted octanol–water partition coefficient (Wildman–Crippen LogP) is 1.05. The molecule has 0 spiro atoms. The van der Waals surface area contributed by atoms with Crippen LogP contribution in [0.25, 0.3) is 55.2 Å². The highest BCUT2D eigenvalue weighted by Crippen LogP contribution is 2.34. The van der Waals surface area contributed by atoms with Gasteiger partial charge in [-0.15, -0.1) is 0 Å². The van der Waals surface area contributed by atoms with Crippen LogP contribution in [0.4, 0.5) is 0 Å². The molecule has 0 bridgehead atoms. The first-order valence-corrected chi connectivity index (χ1v) is 9.42. The third kappa shape index (κ3) is 1.95. The molecule has 1 aliphatic carbocycles. The molecule has 1 aliphatic rings. The lowest BCUT2D eigenvalue weighted by atomic mass is 9.84. The second-order valence-electron chi connectivity index (χ2n) is 7.71. The van der Waals surface area contributed by atoms with Crippen LogP contribution in [-0.4, -0.2) is 22.2 Å². The van der Waals surface area contributed by atoms with Gasteiger partial charge < -0.3 is 10.2 Å². The number of benzene rings is 5. The number of carboxylic acids is 2. The van der Waals surface area contributed by atoms with Crippen molar-refractivity contribution in [2.24, 2.45) is 0 Å². The van der Waals surface area contributed by atoms with Gasteiger partial charge in [0.15, 0.2) is 16.3 Å². The zero-order chi connectivity index (χ0) is 21.8. The molecule has 0 heterocycles. The van der Waals surface area contributed by atoms with Gasteiger partial charge in [0.1, 0.15) is 0 Å². The van der Waals surface area contributed by atoms with E-state index in [4.69, 9.17) is 0 Å². The average Bonchev–Trinajstić information content (AvgIpc) is 2.76. The zero-order valence-corrected chi connectivity index (χ0v) is 15.6. The number of aromatic carboxylic acids is 2. The van der Waals surface area contributed by atoms with E-state index in [1.165, 1.54) is 24.3 Å². The molecule has 5 aromatic carbocycles. The molecule has 0 fully saturated rings. The molecule has 0 atom stereocenters. The standard InChI is InChI=1S/C24H10O7/c25-20-10-2-1-3-11-16(10)19-17-12(20)4-8(23(28)29)6-14(17)22(27)15-7-9(24(30)31)5-13(18(15)19)21(11)26/h2-7H,1H2,(H,28,29)(H,30,31). The van der Waals surface area contributed by atoms with Gasteiger partial charge >= 0.3 is 11.9 Å². The minimum Gasteiger partial charge on any atom is -0.478 e. The molecule has 148 valence electrons. The Morgan fingerprint density at radius 1 is 0.581 bits per heavy atom. The molecule has 0 aromatic heterocycles. The van der Waals surface area contributed by atoms with Crippen molar-refractivity contribution in [1.29, 1.82) is 0 Å². The summed E-state index contributed by atoms with van der Waals surface area (Å²) in [6.07, 6.45) is 3.70. The Kier molecular flexibility index (Phi) is 3.04. The minimum atomic E-state index is -1.29. The van der Waals surface area contributed by atoms with Crippen molar-refractivity contribution < 1.29 is 19.8 Å². The van der Waals surface area contributed by atoms with Crippen LogP contribution in [0.15, 0.2) is 38.6 Å². The highest BCUT2D eigenvalue weighted by atomic mass is 16.4. The number of carbonyl (C=O) groups is 2. The minimum absolute atomic E-state index is 0.0186. The van der Waals surface area contributed by atoms with Crippen LogP contribution in [-0.2, 0) is 0 Å². The second kappa shape index (κ2) is 5.40. The van der Waals surface area contributed by atoms with Gasteiger partial charge in [-0.05, 0) is 30.7 Å². The lowest BCUT2D eigenvalue weighted by Crippen LogP contribution is -2.38. The molecule has 0 unspecified atom stereocenters. The van der Waals surface area contributed by atoms with Crippen molar-refractivity contribution >= 4 is 67.2 Å². The van der Waals surface area contributed by atoms with Gasteiger partial charge in [-0.25, -0.2) is 9.59 Å². The van der Waals surface area contributed by atoms with Gasteiger partial charge in [0, 0.05) is 53.5 Å². The van der Waals surface area contributed by atoms with Crippen LogP contribution >= 0.6 is 0 Å². The first-order chi connectivity index (χ1) is 14.8. The van der Waals surface area contributed by atoms with Gasteiger partial charge in [0.25, 0.3) is 0 Å². The summed E-state index contributed by atoms with van der Waals surface area (Å²) in [5.74, 6) is -2.58. The van der Waals surface area contributed by atoms with Crippen molar-refractivity contribution in [3.8, 4) is 0 Å². The van der Waals surface area contributed by atoms with Gasteiger partial charge in [0.2, 0.25) is 0 Å². The number of hydrogen-bond acceptors (Lipinski definition) is 5. The van der Waals surface area contributed by atoms with Crippen LogP contribution in [0.5, 0.6) is 0 Å². The van der Waals surface area contributed by atoms with E-state index in [0.717, 1.165) is 0 Å². The third-order valence-electron chi connectivity index (χ3n) is 6.17. The molecule has 31 heavy (non-hydrogen) atoms. The van der Waals surface area contributed by atoms with Gasteiger partial charge in [-0.1, -0.05) is 12.2 Å². The fourth-order valence-electron chi connectivity index (χ4n) is 4.92.